The maximum atomic E-state index is 10.2. The van der Waals surface area contributed by atoms with E-state index in [0.717, 1.165) is 56.3 Å². The van der Waals surface area contributed by atoms with Gasteiger partial charge in [0.15, 0.2) is 5.96 Å². The number of nitrogens with one attached hydrogen (secondary N) is 2. The fraction of sp³-hybridized carbons (Fsp3) is 0.682. The summed E-state index contributed by atoms with van der Waals surface area (Å²) in [5.41, 5.74) is 1.14. The average Bonchev–Trinajstić information content (AvgIpc) is 2.68. The van der Waals surface area contributed by atoms with Crippen molar-refractivity contribution in [3.05, 3.63) is 29.8 Å². The predicted molar refractivity (Wildman–Crippen MR) is 134 cm³/mol. The smallest absolute Gasteiger partial charge is 0.191 e. The van der Waals surface area contributed by atoms with Crippen LogP contribution in [0.5, 0.6) is 5.75 Å². The first-order chi connectivity index (χ1) is 13.5. The van der Waals surface area contributed by atoms with Gasteiger partial charge in [-0.25, -0.2) is 0 Å². The van der Waals surface area contributed by atoms with Crippen LogP contribution in [0.4, 0.5) is 0 Å². The molecule has 0 saturated carbocycles. The molecule has 0 saturated heterocycles. The summed E-state index contributed by atoms with van der Waals surface area (Å²) >= 11 is 0. The highest BCUT2D eigenvalue weighted by Crippen LogP contribution is 2.12. The van der Waals surface area contributed by atoms with Gasteiger partial charge < -0.3 is 25.4 Å². The van der Waals surface area contributed by atoms with Gasteiger partial charge in [0.05, 0.1) is 6.54 Å². The van der Waals surface area contributed by atoms with Crippen molar-refractivity contribution in [1.29, 1.82) is 0 Å². The van der Waals surface area contributed by atoms with Crippen LogP contribution in [0.2, 0.25) is 0 Å². The van der Waals surface area contributed by atoms with E-state index in [-0.39, 0.29) is 30.6 Å². The van der Waals surface area contributed by atoms with E-state index in [1.54, 1.807) is 0 Å². The summed E-state index contributed by atoms with van der Waals surface area (Å²) in [6.07, 6.45) is 1.59. The van der Waals surface area contributed by atoms with Gasteiger partial charge in [-0.1, -0.05) is 26.0 Å². The molecule has 168 valence electrons. The molecular weight excluding hydrogens is 479 g/mol. The minimum absolute atomic E-state index is 0. The van der Waals surface area contributed by atoms with Crippen LogP contribution in [0.25, 0.3) is 0 Å². The molecule has 3 N–H and O–H groups in total. The Balaban J connectivity index is 0.00000784. The van der Waals surface area contributed by atoms with Crippen molar-refractivity contribution in [3.8, 4) is 5.75 Å². The molecule has 0 radical (unpaired) electrons. The van der Waals surface area contributed by atoms with Gasteiger partial charge in [0.1, 0.15) is 18.5 Å². The van der Waals surface area contributed by atoms with Crippen LogP contribution < -0.4 is 15.4 Å². The molecule has 0 aliphatic carbocycles. The Morgan fingerprint density at radius 1 is 1.24 bits per heavy atom. The number of hydrogen-bond acceptors (Lipinski definition) is 4. The summed E-state index contributed by atoms with van der Waals surface area (Å²) in [6, 6.07) is 8.15. The predicted octanol–water partition coefficient (Wildman–Crippen LogP) is 3.42. The molecular formula is C22H41IN4O2. The first kappa shape index (κ1) is 27.9. The monoisotopic (exact) mass is 520 g/mol. The number of benzene rings is 1. The third kappa shape index (κ3) is 13.0. The van der Waals surface area contributed by atoms with Crippen LogP contribution in [-0.4, -0.2) is 67.4 Å². The zero-order chi connectivity index (χ0) is 20.8. The van der Waals surface area contributed by atoms with Gasteiger partial charge in [-0.05, 0) is 70.9 Å². The molecule has 0 bridgehead atoms. The summed E-state index contributed by atoms with van der Waals surface area (Å²) in [4.78, 5) is 6.95. The Bertz CT molecular complexity index is 567. The molecule has 0 aliphatic rings. The van der Waals surface area contributed by atoms with Gasteiger partial charge in [0.2, 0.25) is 0 Å². The summed E-state index contributed by atoms with van der Waals surface area (Å²) in [7, 11) is 0. The third-order valence-electron chi connectivity index (χ3n) is 4.63. The lowest BCUT2D eigenvalue weighted by Crippen LogP contribution is -2.43. The Labute approximate surface area is 194 Å². The molecule has 0 spiro atoms. The van der Waals surface area contributed by atoms with E-state index in [9.17, 15) is 5.11 Å². The molecule has 0 aliphatic heterocycles. The molecule has 0 fully saturated rings. The average molecular weight is 521 g/mol. The molecule has 0 amide bonds. The van der Waals surface area contributed by atoms with Gasteiger partial charge in [-0.15, -0.1) is 24.0 Å². The first-order valence-corrected chi connectivity index (χ1v) is 10.6. The molecule has 0 aromatic heterocycles. The second-order valence-corrected chi connectivity index (χ2v) is 7.22. The second-order valence-electron chi connectivity index (χ2n) is 7.22. The maximum absolute atomic E-state index is 10.2. The number of aryl methyl sites for hydroxylation is 1. The normalized spacial score (nSPS) is 13.6. The van der Waals surface area contributed by atoms with E-state index >= 15 is 0 Å². The lowest BCUT2D eigenvalue weighted by Gasteiger charge is -2.21. The van der Waals surface area contributed by atoms with E-state index in [1.165, 1.54) is 0 Å². The highest BCUT2D eigenvalue weighted by Gasteiger charge is 2.09. The van der Waals surface area contributed by atoms with Crippen molar-refractivity contribution in [2.24, 2.45) is 4.99 Å². The van der Waals surface area contributed by atoms with Crippen molar-refractivity contribution in [2.45, 2.75) is 59.6 Å². The fourth-order valence-corrected chi connectivity index (χ4v) is 2.93. The van der Waals surface area contributed by atoms with Crippen molar-refractivity contribution in [3.63, 3.8) is 0 Å². The Hall–Kier alpha value is -1.06. The highest BCUT2D eigenvalue weighted by atomic mass is 127. The Kier molecular flexibility index (Phi) is 16.1. The molecule has 2 unspecified atom stereocenters. The van der Waals surface area contributed by atoms with Crippen LogP contribution in [0.15, 0.2) is 29.3 Å². The molecule has 2 atom stereocenters. The SMILES string of the molecule is CCNC(=NCC(O)COc1cccc(C)c1)NC(C)CCCN(CC)CC.I. The Morgan fingerprint density at radius 2 is 1.97 bits per heavy atom. The molecule has 1 aromatic rings. The largest absolute Gasteiger partial charge is 0.491 e. The van der Waals surface area contributed by atoms with Crippen molar-refractivity contribution in [1.82, 2.24) is 15.5 Å². The molecule has 6 nitrogen and oxygen atoms in total. The standard InChI is InChI=1S/C22H40N4O2.HI/c1-6-23-22(25-19(5)12-10-14-26(7-2)8-3)24-16-20(27)17-28-21-13-9-11-18(4)15-21;/h9,11,13,15,19-20,27H,6-8,10,12,14,16-17H2,1-5H3,(H2,23,24,25);1H. The van der Waals surface area contributed by atoms with Crippen LogP contribution in [0.1, 0.15) is 46.1 Å². The topological polar surface area (TPSA) is 69.1 Å². The van der Waals surface area contributed by atoms with E-state index in [2.05, 4.69) is 41.3 Å². The quantitative estimate of drug-likeness (QED) is 0.211. The number of aliphatic hydroxyl groups excluding tert-OH is 1. The Morgan fingerprint density at radius 3 is 2.59 bits per heavy atom. The van der Waals surface area contributed by atoms with Gasteiger partial charge in [-0.3, -0.25) is 4.99 Å². The minimum atomic E-state index is -0.644. The van der Waals surface area contributed by atoms with Crippen LogP contribution in [0, 0.1) is 6.92 Å². The zero-order valence-corrected chi connectivity index (χ0v) is 21.1. The first-order valence-electron chi connectivity index (χ1n) is 10.6. The molecule has 7 heteroatoms. The number of rotatable bonds is 13. The van der Waals surface area contributed by atoms with E-state index in [1.807, 2.05) is 38.1 Å². The summed E-state index contributed by atoms with van der Waals surface area (Å²) in [5, 5.41) is 16.9. The fourth-order valence-electron chi connectivity index (χ4n) is 2.93. The van der Waals surface area contributed by atoms with Crippen molar-refractivity contribution < 1.29 is 9.84 Å². The molecule has 1 rings (SSSR count). The molecule has 1 aromatic carbocycles. The zero-order valence-electron chi connectivity index (χ0n) is 18.8. The number of halogens is 1. The number of aliphatic hydroxyl groups is 1. The van der Waals surface area contributed by atoms with Crippen molar-refractivity contribution in [2.75, 3.05) is 39.3 Å². The number of hydrogen-bond donors (Lipinski definition) is 3. The van der Waals surface area contributed by atoms with Crippen LogP contribution in [0.3, 0.4) is 0 Å². The van der Waals surface area contributed by atoms with Crippen molar-refractivity contribution >= 4 is 29.9 Å². The van der Waals surface area contributed by atoms with Crippen LogP contribution in [-0.2, 0) is 0 Å². The number of nitrogens with zero attached hydrogens (tertiary/aromatic N) is 2. The van der Waals surface area contributed by atoms with Gasteiger partial charge >= 0.3 is 0 Å². The summed E-state index contributed by atoms with van der Waals surface area (Å²) < 4.78 is 5.65. The third-order valence-corrected chi connectivity index (χ3v) is 4.63. The van der Waals surface area contributed by atoms with Gasteiger partial charge in [0, 0.05) is 12.6 Å². The lowest BCUT2D eigenvalue weighted by atomic mass is 10.2. The maximum Gasteiger partial charge on any atom is 0.191 e. The highest BCUT2D eigenvalue weighted by molar-refractivity contribution is 14.0. The minimum Gasteiger partial charge on any atom is -0.491 e. The van der Waals surface area contributed by atoms with Gasteiger partial charge in [-0.2, -0.15) is 0 Å². The summed E-state index contributed by atoms with van der Waals surface area (Å²) in [6.45, 7) is 15.3. The lowest BCUT2D eigenvalue weighted by molar-refractivity contribution is 0.114. The van der Waals surface area contributed by atoms with E-state index < -0.39 is 6.10 Å². The van der Waals surface area contributed by atoms with E-state index in [0.29, 0.717) is 12.6 Å². The second kappa shape index (κ2) is 16.7. The van der Waals surface area contributed by atoms with Crippen LogP contribution >= 0.6 is 24.0 Å². The number of aliphatic imine (C=N–C) groups is 1. The van der Waals surface area contributed by atoms with E-state index in [4.69, 9.17) is 4.74 Å². The van der Waals surface area contributed by atoms with Gasteiger partial charge in [0.25, 0.3) is 0 Å². The molecule has 0 heterocycles. The molecule has 29 heavy (non-hydrogen) atoms. The summed E-state index contributed by atoms with van der Waals surface area (Å²) in [5.74, 6) is 1.52. The number of guanidine groups is 1. The number of ether oxygens (including phenoxy) is 1.